The van der Waals surface area contributed by atoms with Crippen LogP contribution in [0.2, 0.25) is 0 Å². The van der Waals surface area contributed by atoms with Gasteiger partial charge < -0.3 is 0 Å². The average molecular weight is 238 g/mol. The van der Waals surface area contributed by atoms with Gasteiger partial charge in [-0.3, -0.25) is 0 Å². The molecule has 0 aromatic heterocycles. The van der Waals surface area contributed by atoms with Crippen LogP contribution in [0.25, 0.3) is 0 Å². The minimum absolute atomic E-state index is 0. The Labute approximate surface area is 128 Å². The third-order valence-corrected chi connectivity index (χ3v) is 2.80. The molecule has 0 bridgehead atoms. The normalized spacial score (nSPS) is 11.1. The van der Waals surface area contributed by atoms with Crippen LogP contribution < -0.4 is 5.14 Å². The van der Waals surface area contributed by atoms with Gasteiger partial charge in [0.1, 0.15) is 0 Å². The number of sulfonamides is 1. The molecular weight excluding hydrogens is 225 g/mol. The first-order valence-electron chi connectivity index (χ1n) is 4.04. The maximum Gasteiger partial charge on any atom is 0.238 e. The van der Waals surface area contributed by atoms with E-state index in [1.165, 1.54) is 12.1 Å². The van der Waals surface area contributed by atoms with E-state index in [4.69, 9.17) is 5.14 Å². The van der Waals surface area contributed by atoms with Crippen LogP contribution >= 0.6 is 0 Å². The monoisotopic (exact) mass is 238 g/mol. The maximum atomic E-state index is 10.9. The van der Waals surface area contributed by atoms with Crippen molar-refractivity contribution < 1.29 is 8.42 Å². The van der Waals surface area contributed by atoms with Gasteiger partial charge in [0.05, 0.1) is 4.90 Å². The van der Waals surface area contributed by atoms with Crippen LogP contribution in [0.1, 0.15) is 25.3 Å². The average Bonchev–Trinajstić information content (AvgIpc) is 2.03. The number of nitrogens with two attached hydrogens (primary N) is 1. The van der Waals surface area contributed by atoms with E-state index in [0.29, 0.717) is 5.92 Å². The third kappa shape index (κ3) is 4.10. The fourth-order valence-electron chi connectivity index (χ4n) is 1.04. The van der Waals surface area contributed by atoms with E-state index in [1.54, 1.807) is 12.1 Å². The Morgan fingerprint density at radius 3 is 1.86 bits per heavy atom. The Hall–Kier alpha value is 0.766. The number of hydrogen-bond donors (Lipinski definition) is 1. The third-order valence-electron chi connectivity index (χ3n) is 1.88. The summed E-state index contributed by atoms with van der Waals surface area (Å²) in [6.07, 6.45) is 0. The Bertz CT molecular complexity index is 384. The molecule has 0 saturated carbocycles. The number of hydrogen-bond acceptors (Lipinski definition) is 2. The Morgan fingerprint density at radius 1 is 1.14 bits per heavy atom. The van der Waals surface area contributed by atoms with E-state index < -0.39 is 10.0 Å². The largest absolute Gasteiger partial charge is 0.238 e. The van der Waals surface area contributed by atoms with Crippen molar-refractivity contribution in [3.8, 4) is 0 Å². The summed E-state index contributed by atoms with van der Waals surface area (Å²) >= 11 is 0. The predicted octanol–water partition coefficient (Wildman–Crippen LogP) is 1.08. The number of rotatable bonds is 2. The van der Waals surface area contributed by atoms with Crippen LogP contribution in [0.3, 0.4) is 0 Å². The second kappa shape index (κ2) is 5.74. The zero-order valence-corrected chi connectivity index (χ0v) is 12.6. The van der Waals surface area contributed by atoms with Gasteiger partial charge in [0, 0.05) is 51.4 Å². The maximum absolute atomic E-state index is 10.9. The Morgan fingerprint density at radius 2 is 1.57 bits per heavy atom. The summed E-state index contributed by atoms with van der Waals surface area (Å²) in [7, 11) is -3.55. The van der Waals surface area contributed by atoms with Crippen LogP contribution in [-0.2, 0) is 10.0 Å². The van der Waals surface area contributed by atoms with Gasteiger partial charge in [0.25, 0.3) is 0 Å². The van der Waals surface area contributed by atoms with Gasteiger partial charge in [-0.25, -0.2) is 13.6 Å². The molecule has 0 atom stereocenters. The number of primary sulfonamides is 1. The second-order valence-electron chi connectivity index (χ2n) is 3.27. The fourth-order valence-corrected chi connectivity index (χ4v) is 1.56. The second-order valence-corrected chi connectivity index (χ2v) is 4.83. The van der Waals surface area contributed by atoms with Crippen molar-refractivity contribution in [1.29, 1.82) is 0 Å². The van der Waals surface area contributed by atoms with Gasteiger partial charge in [-0.05, 0) is 23.6 Å². The molecule has 5 heteroatoms. The van der Waals surface area contributed by atoms with Crippen molar-refractivity contribution >= 4 is 61.4 Å². The molecule has 2 N–H and O–H groups in total. The summed E-state index contributed by atoms with van der Waals surface area (Å²) in [4.78, 5) is 0.164. The van der Waals surface area contributed by atoms with Crippen molar-refractivity contribution in [3.63, 3.8) is 0 Å². The molecule has 0 heterocycles. The molecule has 0 fully saturated rings. The molecule has 0 unspecified atom stereocenters. The van der Waals surface area contributed by atoms with Crippen molar-refractivity contribution in [2.75, 3.05) is 0 Å². The molecule has 3 nitrogen and oxygen atoms in total. The van der Waals surface area contributed by atoms with Gasteiger partial charge in [-0.15, -0.1) is 0 Å². The van der Waals surface area contributed by atoms with Crippen LogP contribution in [0, 0.1) is 0 Å². The van der Waals surface area contributed by atoms with Crippen molar-refractivity contribution in [3.05, 3.63) is 29.8 Å². The molecule has 1 rings (SSSR count). The van der Waals surface area contributed by atoms with Gasteiger partial charge in [-0.2, -0.15) is 0 Å². The van der Waals surface area contributed by atoms with Crippen LogP contribution in [0.15, 0.2) is 29.2 Å². The minimum atomic E-state index is -3.55. The van der Waals surface area contributed by atoms with Gasteiger partial charge in [0.15, 0.2) is 0 Å². The van der Waals surface area contributed by atoms with Crippen molar-refractivity contribution in [2.45, 2.75) is 24.7 Å². The molecule has 73 valence electrons. The molecule has 0 aliphatic heterocycles. The Kier molecular flexibility index (Phi) is 6.06. The molecular formula is C9H13KNO2S. The minimum Gasteiger partial charge on any atom is -0.225 e. The van der Waals surface area contributed by atoms with Gasteiger partial charge in [-0.1, -0.05) is 26.0 Å². The summed E-state index contributed by atoms with van der Waals surface area (Å²) in [6.45, 7) is 4.10. The predicted molar refractivity (Wildman–Crippen MR) is 57.7 cm³/mol. The smallest absolute Gasteiger partial charge is 0.225 e. The van der Waals surface area contributed by atoms with E-state index in [2.05, 4.69) is 0 Å². The number of benzene rings is 1. The molecule has 0 saturated heterocycles. The van der Waals surface area contributed by atoms with E-state index >= 15 is 0 Å². The molecule has 0 aliphatic rings. The summed E-state index contributed by atoms with van der Waals surface area (Å²) < 4.78 is 21.8. The fraction of sp³-hybridized carbons (Fsp3) is 0.333. The first-order valence-corrected chi connectivity index (χ1v) is 5.58. The SMILES string of the molecule is CC(C)c1ccc(S(N)(=O)=O)cc1.[K]. The van der Waals surface area contributed by atoms with Crippen LogP contribution in [-0.4, -0.2) is 59.8 Å². The first kappa shape index (κ1) is 14.8. The molecule has 14 heavy (non-hydrogen) atoms. The summed E-state index contributed by atoms with van der Waals surface area (Å²) in [5, 5.41) is 4.96. The quantitative estimate of drug-likeness (QED) is 0.784. The van der Waals surface area contributed by atoms with Crippen molar-refractivity contribution in [1.82, 2.24) is 0 Å². The Balaban J connectivity index is 0.00000169. The molecule has 1 radical (unpaired) electrons. The zero-order chi connectivity index (χ0) is 10.1. The molecule has 1 aromatic rings. The molecule has 0 spiro atoms. The summed E-state index contributed by atoms with van der Waals surface area (Å²) in [5.41, 5.74) is 1.10. The zero-order valence-electron chi connectivity index (χ0n) is 8.69. The van der Waals surface area contributed by atoms with Crippen LogP contribution in [0.5, 0.6) is 0 Å². The van der Waals surface area contributed by atoms with Crippen LogP contribution in [0.4, 0.5) is 0 Å². The summed E-state index contributed by atoms with van der Waals surface area (Å²) in [5.74, 6) is 0.398. The molecule has 1 aromatic carbocycles. The molecule has 0 amide bonds. The van der Waals surface area contributed by atoms with E-state index in [0.717, 1.165) is 5.56 Å². The summed E-state index contributed by atoms with van der Waals surface area (Å²) in [6, 6.07) is 6.63. The van der Waals surface area contributed by atoms with Gasteiger partial charge in [0.2, 0.25) is 10.0 Å². The molecule has 0 aliphatic carbocycles. The van der Waals surface area contributed by atoms with Gasteiger partial charge >= 0.3 is 0 Å². The van der Waals surface area contributed by atoms with E-state index in [1.807, 2.05) is 13.8 Å². The first-order chi connectivity index (χ1) is 5.91. The van der Waals surface area contributed by atoms with Crippen molar-refractivity contribution in [2.24, 2.45) is 5.14 Å². The van der Waals surface area contributed by atoms with E-state index in [-0.39, 0.29) is 56.3 Å². The standard InChI is InChI=1S/C9H13NO2S.K/c1-7(2)8-3-5-9(6-4-8)13(10,11)12;/h3-7H,1-2H3,(H2,10,11,12);. The van der Waals surface area contributed by atoms with E-state index in [9.17, 15) is 8.42 Å². The topological polar surface area (TPSA) is 60.2 Å².